The summed E-state index contributed by atoms with van der Waals surface area (Å²) >= 11 is 0.976. The number of hydrogen-bond donors (Lipinski definition) is 2. The number of hydrogen-bond acceptors (Lipinski definition) is 8. The first-order valence-electron chi connectivity index (χ1n) is 11.0. The minimum absolute atomic E-state index is 0.140. The maximum Gasteiger partial charge on any atom is 0.414 e. The lowest BCUT2D eigenvalue weighted by atomic mass is 10.2. The van der Waals surface area contributed by atoms with Crippen molar-refractivity contribution >= 4 is 40.4 Å². The molecule has 0 aliphatic carbocycles. The Morgan fingerprint density at radius 3 is 2.71 bits per heavy atom. The van der Waals surface area contributed by atoms with Crippen molar-refractivity contribution in [3.05, 3.63) is 29.8 Å². The molecule has 1 aromatic heterocycles. The SMILES string of the molecule is CCc1nc(SC(=O)N2CCN(c3ccc(N4C[C@H](CNC(C)=O)OC4=O)cc3F)CC2)n[nH]1. The highest BCUT2D eigenvalue weighted by Gasteiger charge is 2.33. The highest BCUT2D eigenvalue weighted by Crippen LogP contribution is 2.29. The number of amides is 3. The molecule has 2 aliphatic rings. The van der Waals surface area contributed by atoms with Crippen LogP contribution in [-0.2, 0) is 16.0 Å². The molecule has 0 bridgehead atoms. The first-order chi connectivity index (χ1) is 16.3. The molecule has 2 saturated heterocycles. The third kappa shape index (κ3) is 5.41. The molecule has 1 aromatic carbocycles. The van der Waals surface area contributed by atoms with Crippen LogP contribution in [0.25, 0.3) is 0 Å². The second kappa shape index (κ2) is 10.3. The van der Waals surface area contributed by atoms with E-state index in [-0.39, 0.29) is 24.2 Å². The normalized spacial score (nSPS) is 18.3. The van der Waals surface area contributed by atoms with Gasteiger partial charge < -0.3 is 19.9 Å². The lowest BCUT2D eigenvalue weighted by Gasteiger charge is -2.36. The number of cyclic esters (lactones) is 1. The van der Waals surface area contributed by atoms with Gasteiger partial charge in [0.05, 0.1) is 24.5 Å². The lowest BCUT2D eigenvalue weighted by molar-refractivity contribution is -0.119. The Balaban J connectivity index is 1.33. The maximum atomic E-state index is 15.0. The first kappa shape index (κ1) is 23.8. The number of aromatic nitrogens is 3. The Bertz CT molecular complexity index is 1070. The van der Waals surface area contributed by atoms with Gasteiger partial charge in [-0.1, -0.05) is 6.92 Å². The van der Waals surface area contributed by atoms with Crippen LogP contribution in [0.1, 0.15) is 19.7 Å². The van der Waals surface area contributed by atoms with Crippen LogP contribution < -0.4 is 15.1 Å². The monoisotopic (exact) mass is 491 g/mol. The standard InChI is InChI=1S/C21H26FN7O4S/c1-3-18-24-19(26-25-18)34-21(32)28-8-6-27(7-9-28)17-5-4-14(10-16(17)22)29-12-15(33-20(29)31)11-23-13(2)30/h4-5,10,15H,3,6-9,11-12H2,1-2H3,(H,23,30)(H,24,25,26)/t15-/m0/s1. The third-order valence-corrected chi connectivity index (χ3v) is 6.40. The molecule has 2 aromatic rings. The van der Waals surface area contributed by atoms with E-state index in [1.165, 1.54) is 17.9 Å². The molecule has 2 N–H and O–H groups in total. The van der Waals surface area contributed by atoms with E-state index < -0.39 is 18.0 Å². The number of halogens is 1. The van der Waals surface area contributed by atoms with Crippen LogP contribution in [0.15, 0.2) is 23.4 Å². The van der Waals surface area contributed by atoms with Crippen LogP contribution in [0.4, 0.5) is 25.4 Å². The number of rotatable bonds is 6. The maximum absolute atomic E-state index is 15.0. The molecule has 0 saturated carbocycles. The van der Waals surface area contributed by atoms with Crippen LogP contribution in [0.3, 0.4) is 0 Å². The number of nitrogens with zero attached hydrogens (tertiary/aromatic N) is 5. The van der Waals surface area contributed by atoms with E-state index in [9.17, 15) is 18.8 Å². The second-order valence-corrected chi connectivity index (χ2v) is 8.87. The van der Waals surface area contributed by atoms with Gasteiger partial charge in [0.25, 0.3) is 5.24 Å². The van der Waals surface area contributed by atoms with Crippen molar-refractivity contribution < 1.29 is 23.5 Å². The Hall–Kier alpha value is -3.35. The number of H-pyrrole nitrogens is 1. The van der Waals surface area contributed by atoms with Gasteiger partial charge in [-0.05, 0) is 18.2 Å². The number of anilines is 2. The summed E-state index contributed by atoms with van der Waals surface area (Å²) in [6.45, 7) is 5.60. The van der Waals surface area contributed by atoms with Crippen molar-refractivity contribution in [1.29, 1.82) is 0 Å². The van der Waals surface area contributed by atoms with E-state index >= 15 is 0 Å². The molecule has 3 amide bonds. The number of benzene rings is 1. The summed E-state index contributed by atoms with van der Waals surface area (Å²) in [4.78, 5) is 45.0. The van der Waals surface area contributed by atoms with Crippen LogP contribution in [0.5, 0.6) is 0 Å². The quantitative estimate of drug-likeness (QED) is 0.588. The number of carbonyl (C=O) groups excluding carboxylic acids is 3. The molecule has 11 nitrogen and oxygen atoms in total. The van der Waals surface area contributed by atoms with Gasteiger partial charge in [0.15, 0.2) is 0 Å². The summed E-state index contributed by atoms with van der Waals surface area (Å²) < 4.78 is 20.2. The van der Waals surface area contributed by atoms with Crippen molar-refractivity contribution in [2.24, 2.45) is 0 Å². The number of thioether (sulfide) groups is 1. The first-order valence-corrected chi connectivity index (χ1v) is 11.8. The number of piperazine rings is 1. The predicted octanol–water partition coefficient (Wildman–Crippen LogP) is 2.00. The zero-order chi connectivity index (χ0) is 24.2. The van der Waals surface area contributed by atoms with Gasteiger partial charge in [-0.3, -0.25) is 19.6 Å². The zero-order valence-electron chi connectivity index (χ0n) is 18.9. The Labute approximate surface area is 200 Å². The number of ether oxygens (including phenoxy) is 1. The second-order valence-electron chi connectivity index (χ2n) is 7.95. The fourth-order valence-electron chi connectivity index (χ4n) is 3.77. The zero-order valence-corrected chi connectivity index (χ0v) is 19.7. The van der Waals surface area contributed by atoms with Gasteiger partial charge in [-0.15, -0.1) is 5.10 Å². The van der Waals surface area contributed by atoms with E-state index in [0.717, 1.165) is 17.6 Å². The van der Waals surface area contributed by atoms with Crippen LogP contribution in [0.2, 0.25) is 0 Å². The van der Waals surface area contributed by atoms with Gasteiger partial charge >= 0.3 is 6.09 Å². The molecule has 2 fully saturated rings. The van der Waals surface area contributed by atoms with Crippen LogP contribution in [-0.4, -0.2) is 82.7 Å². The molecule has 2 aliphatic heterocycles. The van der Waals surface area contributed by atoms with Crippen molar-refractivity contribution in [3.63, 3.8) is 0 Å². The average Bonchev–Trinajstić information content (AvgIpc) is 3.43. The number of nitrogens with one attached hydrogen (secondary N) is 2. The van der Waals surface area contributed by atoms with Crippen molar-refractivity contribution in [2.45, 2.75) is 31.5 Å². The minimum atomic E-state index is -0.579. The summed E-state index contributed by atoms with van der Waals surface area (Å²) in [6, 6.07) is 4.60. The third-order valence-electron chi connectivity index (χ3n) is 5.60. The highest BCUT2D eigenvalue weighted by atomic mass is 32.2. The number of aryl methyl sites for hydroxylation is 1. The van der Waals surface area contributed by atoms with Crippen molar-refractivity contribution in [1.82, 2.24) is 25.4 Å². The molecule has 0 radical (unpaired) electrons. The fraction of sp³-hybridized carbons (Fsp3) is 0.476. The molecular formula is C21H26FN7O4S. The fourth-order valence-corrected chi connectivity index (χ4v) is 4.49. The summed E-state index contributed by atoms with van der Waals surface area (Å²) in [5.74, 6) is 0.0517. The molecule has 34 heavy (non-hydrogen) atoms. The summed E-state index contributed by atoms with van der Waals surface area (Å²) in [7, 11) is 0. The smallest absolute Gasteiger partial charge is 0.414 e. The molecular weight excluding hydrogens is 465 g/mol. The van der Waals surface area contributed by atoms with Crippen LogP contribution >= 0.6 is 11.8 Å². The van der Waals surface area contributed by atoms with Gasteiger partial charge in [0.2, 0.25) is 11.1 Å². The summed E-state index contributed by atoms with van der Waals surface area (Å²) in [5.41, 5.74) is 0.798. The van der Waals surface area contributed by atoms with E-state index in [1.54, 1.807) is 17.0 Å². The Morgan fingerprint density at radius 2 is 2.06 bits per heavy atom. The Kier molecular flexibility index (Phi) is 7.20. The highest BCUT2D eigenvalue weighted by molar-refractivity contribution is 8.13. The number of carbonyl (C=O) groups is 3. The minimum Gasteiger partial charge on any atom is -0.442 e. The van der Waals surface area contributed by atoms with Gasteiger partial charge in [0.1, 0.15) is 17.7 Å². The van der Waals surface area contributed by atoms with Gasteiger partial charge in [-0.2, -0.15) is 0 Å². The predicted molar refractivity (Wildman–Crippen MR) is 123 cm³/mol. The summed E-state index contributed by atoms with van der Waals surface area (Å²) in [6.07, 6.45) is -0.362. The van der Waals surface area contributed by atoms with Crippen LogP contribution in [0, 0.1) is 5.82 Å². The van der Waals surface area contributed by atoms with Gasteiger partial charge in [-0.25, -0.2) is 14.2 Å². The topological polar surface area (TPSA) is 124 Å². The van der Waals surface area contributed by atoms with E-state index in [2.05, 4.69) is 20.5 Å². The molecule has 0 unspecified atom stereocenters. The number of aromatic amines is 1. The Morgan fingerprint density at radius 1 is 1.29 bits per heavy atom. The van der Waals surface area contributed by atoms with E-state index in [1.807, 2.05) is 11.8 Å². The van der Waals surface area contributed by atoms with E-state index in [4.69, 9.17) is 4.74 Å². The van der Waals surface area contributed by atoms with Gasteiger partial charge in [0, 0.05) is 51.3 Å². The largest absolute Gasteiger partial charge is 0.442 e. The molecule has 1 atom stereocenters. The molecule has 0 spiro atoms. The van der Waals surface area contributed by atoms with Crippen molar-refractivity contribution in [2.75, 3.05) is 49.1 Å². The molecule has 4 rings (SSSR count). The molecule has 182 valence electrons. The lowest BCUT2D eigenvalue weighted by Crippen LogP contribution is -2.48. The van der Waals surface area contributed by atoms with Crippen molar-refractivity contribution in [3.8, 4) is 0 Å². The van der Waals surface area contributed by atoms with E-state index in [0.29, 0.717) is 49.1 Å². The average molecular weight is 492 g/mol. The molecule has 3 heterocycles. The summed E-state index contributed by atoms with van der Waals surface area (Å²) in [5, 5.41) is 9.68. The molecule has 13 heteroatoms.